The molecule has 3 aromatic carbocycles. The van der Waals surface area contributed by atoms with E-state index in [4.69, 9.17) is 4.74 Å². The maximum Gasteiger partial charge on any atom is 0.347 e. The van der Waals surface area contributed by atoms with Crippen LogP contribution in [0.4, 0.5) is 0 Å². The largest absolute Gasteiger partial charge is 0.504 e. The summed E-state index contributed by atoms with van der Waals surface area (Å²) in [5, 5.41) is 58.4. The van der Waals surface area contributed by atoms with Crippen LogP contribution in [-0.2, 0) is 25.5 Å². The molecule has 0 saturated carbocycles. The van der Waals surface area contributed by atoms with Crippen LogP contribution in [0.2, 0.25) is 0 Å². The van der Waals surface area contributed by atoms with E-state index in [2.05, 4.69) is 4.74 Å². The normalized spacial score (nSPS) is 12.0. The number of hydrogen-bond acceptors (Lipinski definition) is 10. The van der Waals surface area contributed by atoms with Crippen molar-refractivity contribution in [3.05, 3.63) is 76.9 Å². The number of carbonyl (C=O) groups is 2. The Balaban J connectivity index is 1.81. The van der Waals surface area contributed by atoms with Gasteiger partial charge in [-0.05, 0) is 59.2 Å². The summed E-state index contributed by atoms with van der Waals surface area (Å²) >= 11 is 0. The number of carbonyl (C=O) groups excluding carboxylic acids is 2. The smallest absolute Gasteiger partial charge is 0.347 e. The fraction of sp³-hybridized carbons (Fsp3) is 0.111. The number of phenols is 6. The number of benzene rings is 3. The zero-order chi connectivity index (χ0) is 27.1. The van der Waals surface area contributed by atoms with Gasteiger partial charge in [0.05, 0.1) is 7.11 Å². The first-order chi connectivity index (χ1) is 17.6. The third-order valence-electron chi connectivity index (χ3n) is 5.25. The third-order valence-corrected chi connectivity index (χ3v) is 5.25. The molecule has 0 heterocycles. The molecule has 10 heteroatoms. The SMILES string of the molecule is COC(=O)[C@H](Cc1ccc(O)c(O)c1)OC(=O)/C=C\c1ccc(O)c(O)c1/C=C/c1ccc(O)c(O)c1. The number of hydrogen-bond donors (Lipinski definition) is 6. The lowest BCUT2D eigenvalue weighted by molar-refractivity contribution is -0.162. The van der Waals surface area contributed by atoms with Gasteiger partial charge in [-0.25, -0.2) is 9.59 Å². The van der Waals surface area contributed by atoms with Crippen molar-refractivity contribution in [1.82, 2.24) is 0 Å². The van der Waals surface area contributed by atoms with Crippen molar-refractivity contribution < 1.29 is 49.7 Å². The van der Waals surface area contributed by atoms with Gasteiger partial charge >= 0.3 is 11.9 Å². The molecule has 1 atom stereocenters. The Labute approximate surface area is 211 Å². The van der Waals surface area contributed by atoms with Crippen molar-refractivity contribution >= 4 is 30.2 Å². The second-order valence-electron chi connectivity index (χ2n) is 7.83. The molecule has 0 aromatic heterocycles. The molecule has 0 amide bonds. The molecule has 0 bridgehead atoms. The van der Waals surface area contributed by atoms with Crippen molar-refractivity contribution in [2.75, 3.05) is 7.11 Å². The molecular formula is C27H24O10. The molecule has 0 spiro atoms. The summed E-state index contributed by atoms with van der Waals surface area (Å²) in [6, 6.07) is 10.6. The zero-order valence-electron chi connectivity index (χ0n) is 19.5. The van der Waals surface area contributed by atoms with Gasteiger partial charge in [-0.2, -0.15) is 0 Å². The zero-order valence-corrected chi connectivity index (χ0v) is 19.5. The monoisotopic (exact) mass is 508 g/mol. The van der Waals surface area contributed by atoms with Gasteiger partial charge in [-0.3, -0.25) is 0 Å². The average Bonchev–Trinajstić information content (AvgIpc) is 2.87. The van der Waals surface area contributed by atoms with E-state index < -0.39 is 35.3 Å². The fourth-order valence-corrected chi connectivity index (χ4v) is 3.31. The van der Waals surface area contributed by atoms with Crippen LogP contribution >= 0.6 is 0 Å². The predicted octanol–water partition coefficient (Wildman–Crippen LogP) is 3.43. The number of ether oxygens (including phenoxy) is 2. The highest BCUT2D eigenvalue weighted by Gasteiger charge is 2.24. The van der Waals surface area contributed by atoms with E-state index in [-0.39, 0.29) is 29.2 Å². The van der Waals surface area contributed by atoms with Gasteiger partial charge < -0.3 is 40.1 Å². The van der Waals surface area contributed by atoms with Crippen LogP contribution in [-0.4, -0.2) is 55.8 Å². The first kappa shape index (κ1) is 26.5. The fourth-order valence-electron chi connectivity index (χ4n) is 3.31. The minimum absolute atomic E-state index is 0.131. The molecule has 0 saturated heterocycles. The van der Waals surface area contributed by atoms with Crippen LogP contribution in [0.3, 0.4) is 0 Å². The van der Waals surface area contributed by atoms with Crippen LogP contribution in [0, 0.1) is 0 Å². The minimum atomic E-state index is -1.35. The standard InChI is InChI=1S/C27H24O10/c1-36-27(35)24(14-16-4-9-20(29)23(32)13-16)37-25(33)11-6-17-5-10-21(30)26(34)18(17)7-2-15-3-8-19(28)22(31)12-15/h2-13,24,28-32,34H,14H2,1H3/b7-2+,11-6-/t24-/m0/s1. The molecule has 3 rings (SSSR count). The van der Waals surface area contributed by atoms with E-state index in [1.807, 2.05) is 0 Å². The molecular weight excluding hydrogens is 484 g/mol. The average molecular weight is 508 g/mol. The van der Waals surface area contributed by atoms with E-state index in [0.717, 1.165) is 13.2 Å². The van der Waals surface area contributed by atoms with Gasteiger partial charge in [0.15, 0.2) is 34.5 Å². The topological polar surface area (TPSA) is 174 Å². The number of phenolic OH excluding ortho intramolecular Hbond substituents is 6. The Hall–Kier alpha value is -5.12. The molecule has 37 heavy (non-hydrogen) atoms. The van der Waals surface area contributed by atoms with Gasteiger partial charge in [0, 0.05) is 18.1 Å². The van der Waals surface area contributed by atoms with Gasteiger partial charge in [-0.1, -0.05) is 24.3 Å². The predicted molar refractivity (Wildman–Crippen MR) is 133 cm³/mol. The molecule has 0 aliphatic rings. The number of aromatic hydroxyl groups is 6. The van der Waals surface area contributed by atoms with Crippen LogP contribution in [0.25, 0.3) is 18.2 Å². The molecule has 0 radical (unpaired) electrons. The third kappa shape index (κ3) is 6.73. The highest BCUT2D eigenvalue weighted by atomic mass is 16.6. The summed E-state index contributed by atoms with van der Waals surface area (Å²) in [5.41, 5.74) is 1.33. The summed E-state index contributed by atoms with van der Waals surface area (Å²) in [4.78, 5) is 24.6. The van der Waals surface area contributed by atoms with Crippen molar-refractivity contribution in [1.29, 1.82) is 0 Å². The Bertz CT molecular complexity index is 1370. The summed E-state index contributed by atoms with van der Waals surface area (Å²) in [5.74, 6) is -4.00. The first-order valence-corrected chi connectivity index (χ1v) is 10.8. The van der Waals surface area contributed by atoms with Crippen LogP contribution in [0.5, 0.6) is 34.5 Å². The van der Waals surface area contributed by atoms with Crippen molar-refractivity contribution in [2.24, 2.45) is 0 Å². The van der Waals surface area contributed by atoms with Crippen LogP contribution < -0.4 is 0 Å². The summed E-state index contributed by atoms with van der Waals surface area (Å²) in [6.07, 6.45) is 3.77. The van der Waals surface area contributed by atoms with E-state index in [1.165, 1.54) is 66.8 Å². The molecule has 0 fully saturated rings. The summed E-state index contributed by atoms with van der Waals surface area (Å²) < 4.78 is 9.91. The maximum atomic E-state index is 12.5. The summed E-state index contributed by atoms with van der Waals surface area (Å²) in [6.45, 7) is 0. The second-order valence-corrected chi connectivity index (χ2v) is 7.83. The number of rotatable bonds is 8. The second kappa shape index (κ2) is 11.5. The molecule has 0 aliphatic carbocycles. The Morgan fingerprint density at radius 2 is 1.43 bits per heavy atom. The molecule has 6 N–H and O–H groups in total. The van der Waals surface area contributed by atoms with Gasteiger partial charge in [0.1, 0.15) is 0 Å². The maximum absolute atomic E-state index is 12.5. The Morgan fingerprint density at radius 1 is 0.784 bits per heavy atom. The van der Waals surface area contributed by atoms with E-state index >= 15 is 0 Å². The quantitative estimate of drug-likeness (QED) is 0.114. The van der Waals surface area contributed by atoms with Gasteiger partial charge in [-0.15, -0.1) is 0 Å². The van der Waals surface area contributed by atoms with Gasteiger partial charge in [0.25, 0.3) is 0 Å². The number of esters is 2. The van der Waals surface area contributed by atoms with E-state index in [0.29, 0.717) is 16.7 Å². The summed E-state index contributed by atoms with van der Waals surface area (Å²) in [7, 11) is 1.12. The molecule has 0 aliphatic heterocycles. The van der Waals surface area contributed by atoms with Gasteiger partial charge in [0.2, 0.25) is 6.10 Å². The minimum Gasteiger partial charge on any atom is -0.504 e. The highest BCUT2D eigenvalue weighted by Crippen LogP contribution is 2.34. The Morgan fingerprint density at radius 3 is 2.08 bits per heavy atom. The van der Waals surface area contributed by atoms with Crippen molar-refractivity contribution in [3.63, 3.8) is 0 Å². The lowest BCUT2D eigenvalue weighted by atomic mass is 10.0. The molecule has 10 nitrogen and oxygen atoms in total. The molecule has 192 valence electrons. The number of methoxy groups -OCH3 is 1. The Kier molecular flexibility index (Phi) is 8.26. The highest BCUT2D eigenvalue weighted by molar-refractivity contribution is 5.91. The van der Waals surface area contributed by atoms with Crippen molar-refractivity contribution in [2.45, 2.75) is 12.5 Å². The van der Waals surface area contributed by atoms with Crippen molar-refractivity contribution in [3.8, 4) is 34.5 Å². The van der Waals surface area contributed by atoms with Crippen LogP contribution in [0.15, 0.2) is 54.6 Å². The van der Waals surface area contributed by atoms with Crippen LogP contribution in [0.1, 0.15) is 22.3 Å². The molecule has 0 unspecified atom stereocenters. The lowest BCUT2D eigenvalue weighted by Gasteiger charge is -2.15. The lowest BCUT2D eigenvalue weighted by Crippen LogP contribution is -2.30. The first-order valence-electron chi connectivity index (χ1n) is 10.8. The van der Waals surface area contributed by atoms with E-state index in [9.17, 15) is 40.2 Å². The van der Waals surface area contributed by atoms with E-state index in [1.54, 1.807) is 0 Å². The molecule has 3 aromatic rings.